The molecule has 3 aliphatic rings. The van der Waals surface area contributed by atoms with Gasteiger partial charge in [0.15, 0.2) is 5.78 Å². The fourth-order valence-electron chi connectivity index (χ4n) is 5.60. The van der Waals surface area contributed by atoms with Gasteiger partial charge in [-0.25, -0.2) is 4.79 Å². The smallest absolute Gasteiger partial charge is 0.492 e. The number of rotatable bonds is 6. The summed E-state index contributed by atoms with van der Waals surface area (Å²) < 4.78 is 24.1. The number of benzene rings is 3. The van der Waals surface area contributed by atoms with Gasteiger partial charge in [0, 0.05) is 18.9 Å². The van der Waals surface area contributed by atoms with E-state index in [1.807, 2.05) is 70.2 Å². The molecule has 0 spiro atoms. The molecule has 7 nitrogen and oxygen atoms in total. The lowest BCUT2D eigenvalue weighted by Gasteiger charge is -2.32. The number of hydrogen-bond acceptors (Lipinski definition) is 6. The number of hydrogen-bond donors (Lipinski definition) is 1. The van der Waals surface area contributed by atoms with E-state index in [0.717, 1.165) is 22.2 Å². The molecule has 0 unspecified atom stereocenters. The SMILES string of the molecule is CC1(C)OB(C(=Cc2ccc3c(c2)OCCC3=O)CNC(=O)OCC2c3ccccc3-c3ccccc32)OC1(C)C. The van der Waals surface area contributed by atoms with Crippen molar-refractivity contribution in [1.82, 2.24) is 5.32 Å². The monoisotopic (exact) mass is 551 g/mol. The number of nitrogens with one attached hydrogen (secondary N) is 1. The Labute approximate surface area is 241 Å². The molecule has 1 aliphatic carbocycles. The highest BCUT2D eigenvalue weighted by Crippen LogP contribution is 2.44. The van der Waals surface area contributed by atoms with Crippen molar-refractivity contribution in [2.45, 2.75) is 51.2 Å². The number of alkyl carbamates (subject to hydrolysis) is 1. The average molecular weight is 551 g/mol. The molecule has 0 aromatic heterocycles. The molecule has 3 aromatic carbocycles. The van der Waals surface area contributed by atoms with Crippen LogP contribution in [0, 0.1) is 0 Å². The van der Waals surface area contributed by atoms with Crippen LogP contribution >= 0.6 is 0 Å². The molecule has 6 rings (SSSR count). The maximum Gasteiger partial charge on any atom is 0.492 e. The van der Waals surface area contributed by atoms with E-state index in [1.54, 1.807) is 6.07 Å². The van der Waals surface area contributed by atoms with E-state index in [1.165, 1.54) is 11.1 Å². The predicted octanol–water partition coefficient (Wildman–Crippen LogP) is 6.21. The largest absolute Gasteiger partial charge is 0.492 e. The molecule has 1 amide bonds. The number of carbonyl (C=O) groups is 2. The lowest BCUT2D eigenvalue weighted by molar-refractivity contribution is 0.00578. The zero-order valence-electron chi connectivity index (χ0n) is 23.9. The Kier molecular flexibility index (Phi) is 7.00. The van der Waals surface area contributed by atoms with Crippen LogP contribution in [0.4, 0.5) is 4.79 Å². The molecule has 8 heteroatoms. The molecule has 210 valence electrons. The van der Waals surface area contributed by atoms with Gasteiger partial charge in [-0.15, -0.1) is 0 Å². The van der Waals surface area contributed by atoms with E-state index in [9.17, 15) is 9.59 Å². The van der Waals surface area contributed by atoms with Crippen LogP contribution in [-0.4, -0.2) is 50.0 Å². The summed E-state index contributed by atoms with van der Waals surface area (Å²) in [5.41, 5.74) is 5.70. The van der Waals surface area contributed by atoms with E-state index in [2.05, 4.69) is 29.6 Å². The van der Waals surface area contributed by atoms with Crippen molar-refractivity contribution in [3.63, 3.8) is 0 Å². The Balaban J connectivity index is 1.19. The first-order valence-corrected chi connectivity index (χ1v) is 14.1. The second-order valence-corrected chi connectivity index (χ2v) is 11.8. The Bertz CT molecular complexity index is 1480. The van der Waals surface area contributed by atoms with Crippen LogP contribution in [0.15, 0.2) is 72.2 Å². The highest BCUT2D eigenvalue weighted by atomic mass is 16.7. The first-order chi connectivity index (χ1) is 19.6. The van der Waals surface area contributed by atoms with Crippen molar-refractivity contribution >= 4 is 25.1 Å². The number of Topliss-reactive ketones (excluding diaryl/α,β-unsaturated/α-hetero) is 1. The summed E-state index contributed by atoms with van der Waals surface area (Å²) in [4.78, 5) is 25.2. The zero-order chi connectivity index (χ0) is 28.8. The van der Waals surface area contributed by atoms with Gasteiger partial charge in [-0.2, -0.15) is 0 Å². The first-order valence-electron chi connectivity index (χ1n) is 14.1. The number of carbonyl (C=O) groups excluding carboxylic acids is 2. The van der Waals surface area contributed by atoms with Gasteiger partial charge in [-0.05, 0) is 73.1 Å². The summed E-state index contributed by atoms with van der Waals surface area (Å²) in [6.07, 6.45) is 1.77. The van der Waals surface area contributed by atoms with E-state index in [4.69, 9.17) is 18.8 Å². The summed E-state index contributed by atoms with van der Waals surface area (Å²) in [7, 11) is -0.674. The molecular formula is C33H34BNO6. The van der Waals surface area contributed by atoms with Gasteiger partial charge in [-0.3, -0.25) is 4.79 Å². The van der Waals surface area contributed by atoms with E-state index < -0.39 is 24.4 Å². The second kappa shape index (κ2) is 10.5. The van der Waals surface area contributed by atoms with Gasteiger partial charge in [0.25, 0.3) is 0 Å². The molecule has 1 saturated heterocycles. The Morgan fingerprint density at radius 2 is 1.59 bits per heavy atom. The van der Waals surface area contributed by atoms with E-state index in [0.29, 0.717) is 24.3 Å². The van der Waals surface area contributed by atoms with Crippen molar-refractivity contribution in [2.24, 2.45) is 0 Å². The number of fused-ring (bicyclic) bond motifs is 4. The maximum absolute atomic E-state index is 13.0. The molecule has 0 saturated carbocycles. The maximum atomic E-state index is 13.0. The van der Waals surface area contributed by atoms with Gasteiger partial charge in [0.2, 0.25) is 0 Å². The zero-order valence-corrected chi connectivity index (χ0v) is 23.9. The lowest BCUT2D eigenvalue weighted by Crippen LogP contribution is -2.41. The fraction of sp³-hybridized carbons (Fsp3) is 0.333. The standard InChI is InChI=1S/C33H34BNO6/c1-32(2)33(3,4)41-34(40-32)22(17-21-13-14-27-29(36)15-16-38-30(27)18-21)19-35-31(37)39-20-28-25-11-7-5-9-23(25)24-10-6-8-12-26(24)28/h5-14,17-18,28H,15-16,19-20H2,1-4H3,(H,35,37). The minimum Gasteiger partial charge on any atom is -0.492 e. The van der Waals surface area contributed by atoms with Crippen LogP contribution in [0.25, 0.3) is 17.2 Å². The van der Waals surface area contributed by atoms with Crippen LogP contribution in [0.1, 0.15) is 67.1 Å². The second-order valence-electron chi connectivity index (χ2n) is 11.8. The predicted molar refractivity (Wildman–Crippen MR) is 158 cm³/mol. The topological polar surface area (TPSA) is 83.1 Å². The molecule has 2 aliphatic heterocycles. The molecule has 0 bridgehead atoms. The van der Waals surface area contributed by atoms with Gasteiger partial charge >= 0.3 is 13.2 Å². The van der Waals surface area contributed by atoms with Crippen LogP contribution in [-0.2, 0) is 14.0 Å². The van der Waals surface area contributed by atoms with Crippen molar-refractivity contribution in [1.29, 1.82) is 0 Å². The Morgan fingerprint density at radius 3 is 2.24 bits per heavy atom. The van der Waals surface area contributed by atoms with Crippen LogP contribution < -0.4 is 10.1 Å². The van der Waals surface area contributed by atoms with Crippen molar-refractivity contribution in [3.05, 3.63) is 94.5 Å². The van der Waals surface area contributed by atoms with Crippen LogP contribution in [0.3, 0.4) is 0 Å². The summed E-state index contributed by atoms with van der Waals surface area (Å²) in [6.45, 7) is 8.70. The van der Waals surface area contributed by atoms with E-state index >= 15 is 0 Å². The lowest BCUT2D eigenvalue weighted by atomic mass is 9.77. The molecule has 3 aromatic rings. The van der Waals surface area contributed by atoms with Crippen molar-refractivity contribution in [3.8, 4) is 16.9 Å². The Morgan fingerprint density at radius 1 is 0.951 bits per heavy atom. The third kappa shape index (κ3) is 5.18. The van der Waals surface area contributed by atoms with Gasteiger partial charge in [-0.1, -0.05) is 60.7 Å². The highest BCUT2D eigenvalue weighted by Gasteiger charge is 2.52. The van der Waals surface area contributed by atoms with Crippen molar-refractivity contribution < 1.29 is 28.4 Å². The number of amides is 1. The minimum absolute atomic E-state index is 0.0236. The molecule has 0 radical (unpaired) electrons. The quantitative estimate of drug-likeness (QED) is 0.367. The summed E-state index contributed by atoms with van der Waals surface area (Å²) in [5.74, 6) is 0.613. The highest BCUT2D eigenvalue weighted by molar-refractivity contribution is 6.56. The molecular weight excluding hydrogens is 517 g/mol. The fourth-order valence-corrected chi connectivity index (χ4v) is 5.60. The van der Waals surface area contributed by atoms with Gasteiger partial charge in [0.1, 0.15) is 12.4 Å². The first kappa shape index (κ1) is 27.3. The molecule has 2 heterocycles. The summed E-state index contributed by atoms with van der Waals surface area (Å²) >= 11 is 0. The number of ketones is 1. The molecule has 1 fully saturated rings. The van der Waals surface area contributed by atoms with Crippen LogP contribution in [0.5, 0.6) is 5.75 Å². The average Bonchev–Trinajstić information content (AvgIpc) is 3.38. The Hall–Kier alpha value is -3.88. The molecule has 41 heavy (non-hydrogen) atoms. The van der Waals surface area contributed by atoms with Gasteiger partial charge < -0.3 is 24.1 Å². The minimum atomic E-state index is -0.674. The summed E-state index contributed by atoms with van der Waals surface area (Å²) in [6, 6.07) is 22.0. The number of ether oxygens (including phenoxy) is 2. The van der Waals surface area contributed by atoms with Crippen molar-refractivity contribution in [2.75, 3.05) is 19.8 Å². The summed E-state index contributed by atoms with van der Waals surface area (Å²) in [5, 5.41) is 2.90. The third-order valence-electron chi connectivity index (χ3n) is 8.58. The molecule has 0 atom stereocenters. The molecule has 1 N–H and O–H groups in total. The van der Waals surface area contributed by atoms with Crippen LogP contribution in [0.2, 0.25) is 0 Å². The third-order valence-corrected chi connectivity index (χ3v) is 8.58. The normalized spacial score (nSPS) is 18.8. The van der Waals surface area contributed by atoms with E-state index in [-0.39, 0.29) is 24.9 Å². The van der Waals surface area contributed by atoms with Gasteiger partial charge in [0.05, 0.1) is 23.4 Å².